The predicted octanol–water partition coefficient (Wildman–Crippen LogP) is 1.33. The molecule has 0 bridgehead atoms. The molecule has 0 saturated carbocycles. The first kappa shape index (κ1) is 16.0. The molecule has 3 aliphatic rings. The summed E-state index contributed by atoms with van der Waals surface area (Å²) in [4.78, 5) is 24.5. The maximum Gasteiger partial charge on any atom is 0.246 e. The number of rotatable bonds is 4. The van der Waals surface area contributed by atoms with Gasteiger partial charge in [0.05, 0.1) is 26.4 Å². The third-order valence-corrected chi connectivity index (χ3v) is 5.43. The van der Waals surface area contributed by atoms with Gasteiger partial charge in [0.15, 0.2) is 0 Å². The molecule has 3 atom stereocenters. The Kier molecular flexibility index (Phi) is 4.78. The normalized spacial score (nSPS) is 30.5. The second kappa shape index (κ2) is 7.17. The van der Waals surface area contributed by atoms with Gasteiger partial charge >= 0.3 is 0 Å². The molecule has 0 N–H and O–H groups in total. The Labute approximate surface area is 142 Å². The average molecular weight is 331 g/mol. The fourth-order valence-corrected chi connectivity index (χ4v) is 4.25. The first-order chi connectivity index (χ1) is 11.8. The van der Waals surface area contributed by atoms with Crippen LogP contribution in [0.15, 0.2) is 24.5 Å². The second-order valence-electron chi connectivity index (χ2n) is 7.16. The smallest absolute Gasteiger partial charge is 0.246 e. The van der Waals surface area contributed by atoms with Crippen molar-refractivity contribution in [3.8, 4) is 0 Å². The number of hydrogen-bond acceptors (Lipinski definition) is 5. The van der Waals surface area contributed by atoms with Crippen molar-refractivity contribution in [2.24, 2.45) is 17.8 Å². The summed E-state index contributed by atoms with van der Waals surface area (Å²) < 4.78 is 5.81. The monoisotopic (exact) mass is 331 g/mol. The van der Waals surface area contributed by atoms with Crippen LogP contribution in [0.1, 0.15) is 18.4 Å². The lowest BCUT2D eigenvalue weighted by Gasteiger charge is -2.33. The van der Waals surface area contributed by atoms with Crippen LogP contribution < -0.4 is 0 Å². The van der Waals surface area contributed by atoms with Gasteiger partial charge in [0.1, 0.15) is 0 Å². The minimum Gasteiger partial charge on any atom is -0.381 e. The highest BCUT2D eigenvalue weighted by Gasteiger charge is 2.42. The first-order valence-corrected chi connectivity index (χ1v) is 8.92. The van der Waals surface area contributed by atoms with Crippen molar-refractivity contribution in [1.82, 2.24) is 14.9 Å². The Hall–Kier alpha value is -1.50. The molecule has 4 rings (SSSR count). The molecule has 0 aliphatic carbocycles. The van der Waals surface area contributed by atoms with E-state index >= 15 is 0 Å². The number of hydrogen-bond donors (Lipinski definition) is 0. The Morgan fingerprint density at radius 3 is 3.08 bits per heavy atom. The summed E-state index contributed by atoms with van der Waals surface area (Å²) in [5.41, 5.74) is 1.25. The minimum atomic E-state index is 0.118. The van der Waals surface area contributed by atoms with E-state index in [1.54, 1.807) is 5.06 Å². The molecule has 6 heteroatoms. The molecule has 4 heterocycles. The van der Waals surface area contributed by atoms with E-state index in [0.29, 0.717) is 37.4 Å². The van der Waals surface area contributed by atoms with Crippen LogP contribution in [0.5, 0.6) is 0 Å². The zero-order chi connectivity index (χ0) is 16.4. The van der Waals surface area contributed by atoms with Crippen LogP contribution in [0.3, 0.4) is 0 Å². The van der Waals surface area contributed by atoms with Crippen molar-refractivity contribution in [3.05, 3.63) is 30.1 Å². The van der Waals surface area contributed by atoms with E-state index in [4.69, 9.17) is 9.57 Å². The van der Waals surface area contributed by atoms with Gasteiger partial charge in [-0.25, -0.2) is 5.06 Å². The predicted molar refractivity (Wildman–Crippen MR) is 87.7 cm³/mol. The molecule has 3 aliphatic heterocycles. The van der Waals surface area contributed by atoms with Gasteiger partial charge in [-0.15, -0.1) is 0 Å². The van der Waals surface area contributed by atoms with Gasteiger partial charge in [-0.2, -0.15) is 0 Å². The van der Waals surface area contributed by atoms with Gasteiger partial charge < -0.3 is 4.74 Å². The van der Waals surface area contributed by atoms with Crippen molar-refractivity contribution >= 4 is 5.91 Å². The first-order valence-electron chi connectivity index (χ1n) is 8.92. The topological polar surface area (TPSA) is 54.9 Å². The number of aromatic nitrogens is 1. The largest absolute Gasteiger partial charge is 0.381 e. The second-order valence-corrected chi connectivity index (χ2v) is 7.16. The van der Waals surface area contributed by atoms with E-state index in [1.807, 2.05) is 18.5 Å². The lowest BCUT2D eigenvalue weighted by Crippen LogP contribution is -2.38. The average Bonchev–Trinajstić information content (AvgIpc) is 3.25. The molecule has 0 unspecified atom stereocenters. The fourth-order valence-electron chi connectivity index (χ4n) is 4.25. The molecular weight excluding hydrogens is 306 g/mol. The maximum absolute atomic E-state index is 12.4. The van der Waals surface area contributed by atoms with Crippen LogP contribution in [-0.4, -0.2) is 60.3 Å². The number of amides is 1. The van der Waals surface area contributed by atoms with Crippen molar-refractivity contribution in [3.63, 3.8) is 0 Å². The third kappa shape index (κ3) is 3.45. The summed E-state index contributed by atoms with van der Waals surface area (Å²) in [7, 11) is 0. The molecule has 0 spiro atoms. The lowest BCUT2D eigenvalue weighted by atomic mass is 9.81. The zero-order valence-corrected chi connectivity index (χ0v) is 14.0. The van der Waals surface area contributed by atoms with Crippen LogP contribution in [0.25, 0.3) is 0 Å². The van der Waals surface area contributed by atoms with Gasteiger partial charge in [-0.1, -0.05) is 6.07 Å². The summed E-state index contributed by atoms with van der Waals surface area (Å²) in [5.74, 6) is 1.50. The summed E-state index contributed by atoms with van der Waals surface area (Å²) in [6, 6.07) is 4.11. The van der Waals surface area contributed by atoms with E-state index in [9.17, 15) is 4.79 Å². The summed E-state index contributed by atoms with van der Waals surface area (Å²) in [5, 5.41) is 1.55. The minimum absolute atomic E-state index is 0.118. The maximum atomic E-state index is 12.4. The van der Waals surface area contributed by atoms with E-state index in [-0.39, 0.29) is 5.91 Å². The summed E-state index contributed by atoms with van der Waals surface area (Å²) in [6.45, 7) is 5.93. The Morgan fingerprint density at radius 2 is 2.29 bits per heavy atom. The Bertz CT molecular complexity index is 562. The lowest BCUT2D eigenvalue weighted by molar-refractivity contribution is -0.171. The fraction of sp³-hybridized carbons (Fsp3) is 0.667. The highest BCUT2D eigenvalue weighted by molar-refractivity contribution is 5.75. The van der Waals surface area contributed by atoms with Crippen molar-refractivity contribution < 1.29 is 14.4 Å². The molecule has 3 fully saturated rings. The quantitative estimate of drug-likeness (QED) is 0.833. The molecule has 24 heavy (non-hydrogen) atoms. The molecule has 6 nitrogen and oxygen atoms in total. The SMILES string of the molecule is O=C(C[C@@H]1COC[C@H]2CN(Cc3cccnc3)C[C@@H]12)N1CCCO1. The van der Waals surface area contributed by atoms with Gasteiger partial charge in [0, 0.05) is 38.4 Å². The van der Waals surface area contributed by atoms with E-state index in [2.05, 4.69) is 16.0 Å². The number of carbonyl (C=O) groups is 1. The molecule has 0 radical (unpaired) electrons. The molecule has 0 aromatic carbocycles. The standard InChI is InChI=1S/C18H25N3O3/c22-18(21-5-2-6-24-21)7-15-12-23-13-16-10-20(11-17(15)16)9-14-3-1-4-19-8-14/h1,3-4,8,15-17H,2,5-7,9-13H2/t15-,16-,17+/m1/s1. The van der Waals surface area contributed by atoms with Gasteiger partial charge in [-0.05, 0) is 35.8 Å². The van der Waals surface area contributed by atoms with Crippen LogP contribution in [0, 0.1) is 17.8 Å². The van der Waals surface area contributed by atoms with Crippen molar-refractivity contribution in [2.45, 2.75) is 19.4 Å². The van der Waals surface area contributed by atoms with Crippen molar-refractivity contribution in [2.75, 3.05) is 39.5 Å². The summed E-state index contributed by atoms with van der Waals surface area (Å²) >= 11 is 0. The van der Waals surface area contributed by atoms with E-state index in [0.717, 1.165) is 39.2 Å². The molecule has 1 aromatic rings. The van der Waals surface area contributed by atoms with Crippen LogP contribution in [0.4, 0.5) is 0 Å². The number of carbonyl (C=O) groups excluding carboxylic acids is 1. The molecule has 1 amide bonds. The van der Waals surface area contributed by atoms with Crippen molar-refractivity contribution in [1.29, 1.82) is 0 Å². The number of fused-ring (bicyclic) bond motifs is 1. The Morgan fingerprint density at radius 1 is 1.33 bits per heavy atom. The van der Waals surface area contributed by atoms with E-state index in [1.165, 1.54) is 5.56 Å². The number of hydroxylamine groups is 2. The number of ether oxygens (including phenoxy) is 1. The van der Waals surface area contributed by atoms with Gasteiger partial charge in [0.2, 0.25) is 5.91 Å². The summed E-state index contributed by atoms with van der Waals surface area (Å²) in [6.07, 6.45) is 5.23. The number of pyridine rings is 1. The molecule has 3 saturated heterocycles. The molecular formula is C18H25N3O3. The highest BCUT2D eigenvalue weighted by atomic mass is 16.7. The third-order valence-electron chi connectivity index (χ3n) is 5.43. The van der Waals surface area contributed by atoms with Gasteiger partial charge in [-0.3, -0.25) is 19.5 Å². The number of nitrogens with zero attached hydrogens (tertiary/aromatic N) is 3. The Balaban J connectivity index is 1.36. The van der Waals surface area contributed by atoms with Crippen LogP contribution >= 0.6 is 0 Å². The highest BCUT2D eigenvalue weighted by Crippen LogP contribution is 2.36. The number of likely N-dealkylation sites (tertiary alicyclic amines) is 1. The van der Waals surface area contributed by atoms with E-state index < -0.39 is 0 Å². The molecule has 1 aromatic heterocycles. The van der Waals surface area contributed by atoms with Gasteiger partial charge in [0.25, 0.3) is 0 Å². The zero-order valence-electron chi connectivity index (χ0n) is 14.0. The van der Waals surface area contributed by atoms with Crippen LogP contribution in [-0.2, 0) is 20.9 Å². The van der Waals surface area contributed by atoms with Crippen LogP contribution in [0.2, 0.25) is 0 Å². The molecule has 130 valence electrons.